The Morgan fingerprint density at radius 3 is 2.60 bits per heavy atom. The minimum absolute atomic E-state index is 0.319. The zero-order valence-electron chi connectivity index (χ0n) is 13.2. The van der Waals surface area contributed by atoms with Crippen molar-refractivity contribution in [1.29, 1.82) is 0 Å². The van der Waals surface area contributed by atoms with Gasteiger partial charge < -0.3 is 10.1 Å². The minimum Gasteiger partial charge on any atom is -0.502 e. The van der Waals surface area contributed by atoms with Crippen LogP contribution in [0.2, 0.25) is 5.02 Å². The van der Waals surface area contributed by atoms with E-state index < -0.39 is 5.56 Å². The largest absolute Gasteiger partial charge is 0.502 e. The van der Waals surface area contributed by atoms with Gasteiger partial charge in [0.05, 0.1) is 17.0 Å². The Kier molecular flexibility index (Phi) is 5.12. The number of pyridine rings is 1. The van der Waals surface area contributed by atoms with E-state index in [-0.39, 0.29) is 5.75 Å². The van der Waals surface area contributed by atoms with Gasteiger partial charge in [-0.05, 0) is 36.6 Å². The summed E-state index contributed by atoms with van der Waals surface area (Å²) < 4.78 is 0. The lowest BCUT2D eigenvalue weighted by Gasteiger charge is -2.03. The number of nitrogens with one attached hydrogen (secondary N) is 1. The van der Waals surface area contributed by atoms with Crippen LogP contribution in [0.1, 0.15) is 22.4 Å². The first-order chi connectivity index (χ1) is 12.1. The Balaban J connectivity index is 1.67. The Labute approximate surface area is 149 Å². The normalized spacial score (nSPS) is 10.1. The topological polar surface area (TPSA) is 78.9 Å². The van der Waals surface area contributed by atoms with Crippen molar-refractivity contribution in [1.82, 2.24) is 15.0 Å². The lowest BCUT2D eigenvalue weighted by molar-refractivity contribution is 0.454. The first-order valence-corrected chi connectivity index (χ1v) is 7.96. The average molecular weight is 352 g/mol. The smallest absolute Gasteiger partial charge is 0.293 e. The van der Waals surface area contributed by atoms with Crippen molar-refractivity contribution < 1.29 is 5.11 Å². The summed E-state index contributed by atoms with van der Waals surface area (Å²) in [5, 5.41) is 10.2. The van der Waals surface area contributed by atoms with Crippen molar-refractivity contribution >= 4 is 11.6 Å². The maximum atomic E-state index is 11.3. The number of aromatic amines is 1. The molecule has 0 atom stereocenters. The van der Waals surface area contributed by atoms with E-state index in [1.54, 1.807) is 18.5 Å². The van der Waals surface area contributed by atoms with Crippen LogP contribution in [0, 0.1) is 11.8 Å². The number of nitrogens with zero attached hydrogens (tertiary/aromatic N) is 2. The van der Waals surface area contributed by atoms with E-state index in [1.165, 1.54) is 6.33 Å². The summed E-state index contributed by atoms with van der Waals surface area (Å²) in [4.78, 5) is 21.7. The van der Waals surface area contributed by atoms with Gasteiger partial charge in [-0.15, -0.1) is 0 Å². The number of aromatic nitrogens is 3. The van der Waals surface area contributed by atoms with E-state index in [0.717, 1.165) is 16.7 Å². The predicted octanol–water partition coefficient (Wildman–Crippen LogP) is 2.71. The number of rotatable bonds is 3. The molecule has 0 aliphatic carbocycles. The number of halogens is 1. The second-order valence-corrected chi connectivity index (χ2v) is 5.80. The van der Waals surface area contributed by atoms with Crippen LogP contribution in [0.15, 0.2) is 53.8 Å². The van der Waals surface area contributed by atoms with Crippen molar-refractivity contribution in [3.8, 4) is 17.6 Å². The third-order valence-electron chi connectivity index (χ3n) is 3.56. The standard InChI is InChI=1S/C19H14ClN3O2/c20-16-9-15(10-21-11-16)6-5-13-1-3-14(4-2-13)7-8-17-18(24)19(25)23-12-22-17/h1-4,9-12,24H,7-8H2,(H,22,23,25). The number of aryl methyl sites for hydroxylation is 2. The van der Waals surface area contributed by atoms with Crippen LogP contribution in [0.4, 0.5) is 0 Å². The van der Waals surface area contributed by atoms with Gasteiger partial charge in [-0.25, -0.2) is 4.98 Å². The molecule has 0 spiro atoms. The SMILES string of the molecule is O=c1[nH]cnc(CCc2ccc(C#Cc3cncc(Cl)c3)cc2)c1O. The van der Waals surface area contributed by atoms with Gasteiger partial charge >= 0.3 is 0 Å². The third kappa shape index (κ3) is 4.46. The molecule has 0 bridgehead atoms. The van der Waals surface area contributed by atoms with Crippen LogP contribution in [-0.2, 0) is 12.8 Å². The van der Waals surface area contributed by atoms with Crippen molar-refractivity contribution in [2.45, 2.75) is 12.8 Å². The summed E-state index contributed by atoms with van der Waals surface area (Å²) in [7, 11) is 0. The van der Waals surface area contributed by atoms with Gasteiger partial charge in [0.2, 0.25) is 5.75 Å². The fraction of sp³-hybridized carbons (Fsp3) is 0.105. The molecular formula is C19H14ClN3O2. The van der Waals surface area contributed by atoms with Crippen LogP contribution in [0.5, 0.6) is 5.75 Å². The molecule has 6 heteroatoms. The van der Waals surface area contributed by atoms with E-state index in [9.17, 15) is 9.90 Å². The highest BCUT2D eigenvalue weighted by molar-refractivity contribution is 6.30. The van der Waals surface area contributed by atoms with Gasteiger partial charge in [0, 0.05) is 23.5 Å². The molecule has 3 aromatic rings. The van der Waals surface area contributed by atoms with Crippen molar-refractivity contribution in [3.63, 3.8) is 0 Å². The number of hydrogen-bond acceptors (Lipinski definition) is 4. The van der Waals surface area contributed by atoms with Gasteiger partial charge in [-0.1, -0.05) is 35.6 Å². The van der Waals surface area contributed by atoms with Gasteiger partial charge in [-0.2, -0.15) is 0 Å². The van der Waals surface area contributed by atoms with E-state index in [4.69, 9.17) is 11.6 Å². The summed E-state index contributed by atoms with van der Waals surface area (Å²) in [6.45, 7) is 0. The Morgan fingerprint density at radius 1 is 1.08 bits per heavy atom. The maximum Gasteiger partial charge on any atom is 0.293 e. The molecule has 25 heavy (non-hydrogen) atoms. The Bertz CT molecular complexity index is 1000. The van der Waals surface area contributed by atoms with Crippen molar-refractivity contribution in [2.75, 3.05) is 0 Å². The average Bonchev–Trinajstić information content (AvgIpc) is 2.62. The summed E-state index contributed by atoms with van der Waals surface area (Å²) >= 11 is 5.88. The van der Waals surface area contributed by atoms with Crippen LogP contribution in [-0.4, -0.2) is 20.1 Å². The fourth-order valence-corrected chi connectivity index (χ4v) is 2.43. The first kappa shape index (κ1) is 16.7. The molecule has 0 saturated carbocycles. The molecule has 0 amide bonds. The zero-order valence-corrected chi connectivity index (χ0v) is 13.9. The molecule has 0 fully saturated rings. The molecule has 0 saturated heterocycles. The summed E-state index contributed by atoms with van der Waals surface area (Å²) in [6, 6.07) is 9.53. The van der Waals surface area contributed by atoms with Crippen LogP contribution in [0.25, 0.3) is 0 Å². The highest BCUT2D eigenvalue weighted by atomic mass is 35.5. The zero-order chi connectivity index (χ0) is 17.6. The monoisotopic (exact) mass is 351 g/mol. The number of benzene rings is 1. The summed E-state index contributed by atoms with van der Waals surface area (Å²) in [5.74, 6) is 5.75. The van der Waals surface area contributed by atoms with E-state index >= 15 is 0 Å². The molecule has 0 aliphatic heterocycles. The third-order valence-corrected chi connectivity index (χ3v) is 3.77. The minimum atomic E-state index is -0.522. The van der Waals surface area contributed by atoms with Gasteiger partial charge in [0.1, 0.15) is 0 Å². The molecule has 3 rings (SSSR count). The maximum absolute atomic E-state index is 11.3. The second kappa shape index (κ2) is 7.65. The lowest BCUT2D eigenvalue weighted by atomic mass is 10.1. The molecule has 0 radical (unpaired) electrons. The second-order valence-electron chi connectivity index (χ2n) is 5.37. The van der Waals surface area contributed by atoms with Gasteiger partial charge in [-0.3, -0.25) is 9.78 Å². The molecular weight excluding hydrogens is 338 g/mol. The first-order valence-electron chi connectivity index (χ1n) is 7.59. The van der Waals surface area contributed by atoms with E-state index in [1.807, 2.05) is 24.3 Å². The van der Waals surface area contributed by atoms with E-state index in [0.29, 0.717) is 23.6 Å². The quantitative estimate of drug-likeness (QED) is 0.711. The van der Waals surface area contributed by atoms with Gasteiger partial charge in [0.25, 0.3) is 5.56 Å². The van der Waals surface area contributed by atoms with E-state index in [2.05, 4.69) is 26.8 Å². The molecule has 5 nitrogen and oxygen atoms in total. The van der Waals surface area contributed by atoms with Crippen LogP contribution >= 0.6 is 11.6 Å². The van der Waals surface area contributed by atoms with Crippen LogP contribution < -0.4 is 5.56 Å². The molecule has 0 aliphatic rings. The number of hydrogen-bond donors (Lipinski definition) is 2. The molecule has 2 aromatic heterocycles. The molecule has 0 unspecified atom stereocenters. The molecule has 2 heterocycles. The highest BCUT2D eigenvalue weighted by Gasteiger charge is 2.06. The Hall–Kier alpha value is -3.10. The van der Waals surface area contributed by atoms with Crippen molar-refractivity contribution in [3.05, 3.63) is 86.8 Å². The van der Waals surface area contributed by atoms with Crippen LogP contribution in [0.3, 0.4) is 0 Å². The predicted molar refractivity (Wildman–Crippen MR) is 95.6 cm³/mol. The lowest BCUT2D eigenvalue weighted by Crippen LogP contribution is -2.09. The summed E-state index contributed by atoms with van der Waals surface area (Å²) in [6.07, 6.45) is 5.66. The molecule has 2 N–H and O–H groups in total. The summed E-state index contributed by atoms with van der Waals surface area (Å²) in [5.41, 5.74) is 2.57. The molecule has 124 valence electrons. The fourth-order valence-electron chi connectivity index (χ4n) is 2.25. The number of aromatic hydroxyl groups is 1. The van der Waals surface area contributed by atoms with Crippen molar-refractivity contribution in [2.24, 2.45) is 0 Å². The Morgan fingerprint density at radius 2 is 1.84 bits per heavy atom. The number of H-pyrrole nitrogens is 1. The molecule has 1 aromatic carbocycles. The highest BCUT2D eigenvalue weighted by Crippen LogP contribution is 2.12. The van der Waals surface area contributed by atoms with Gasteiger partial charge in [0.15, 0.2) is 0 Å².